The molecular weight excluding hydrogens is 302 g/mol. The summed E-state index contributed by atoms with van der Waals surface area (Å²) in [6.45, 7) is 0. The molecule has 0 bridgehead atoms. The molecule has 2 aromatic rings. The van der Waals surface area contributed by atoms with Crippen LogP contribution in [0, 0.1) is 0 Å². The van der Waals surface area contributed by atoms with Gasteiger partial charge in [-0.15, -0.1) is 10.2 Å². The van der Waals surface area contributed by atoms with E-state index in [2.05, 4.69) is 10.2 Å². The summed E-state index contributed by atoms with van der Waals surface area (Å²) in [4.78, 5) is 10.9. The maximum absolute atomic E-state index is 12.1. The quantitative estimate of drug-likeness (QED) is 0.749. The van der Waals surface area contributed by atoms with Crippen LogP contribution in [0.2, 0.25) is 0 Å². The fourth-order valence-corrected chi connectivity index (χ4v) is 3.00. The van der Waals surface area contributed by atoms with E-state index in [1.807, 2.05) is 0 Å². The van der Waals surface area contributed by atoms with Crippen molar-refractivity contribution in [2.75, 3.05) is 19.8 Å². The van der Waals surface area contributed by atoms with Crippen molar-refractivity contribution in [2.45, 2.75) is 10.1 Å². The summed E-state index contributed by atoms with van der Waals surface area (Å²) in [5.74, 6) is -0.436. The van der Waals surface area contributed by atoms with Crippen molar-refractivity contribution >= 4 is 33.3 Å². The van der Waals surface area contributed by atoms with Crippen LogP contribution in [0.3, 0.4) is 0 Å². The van der Waals surface area contributed by atoms with Gasteiger partial charge in [0.05, 0.1) is 10.6 Å². The van der Waals surface area contributed by atoms with Gasteiger partial charge in [0.2, 0.25) is 15.9 Å². The van der Waals surface area contributed by atoms with Crippen molar-refractivity contribution in [3.8, 4) is 0 Å². The Balaban J connectivity index is 2.47. The van der Waals surface area contributed by atoms with Gasteiger partial charge in [0.1, 0.15) is 0 Å². The fourth-order valence-electron chi connectivity index (χ4n) is 1.45. The topological polar surface area (TPSA) is 111 Å². The minimum atomic E-state index is -3.54. The summed E-state index contributed by atoms with van der Waals surface area (Å²) in [5, 5.41) is 8.20. The number of fused-ring (bicyclic) bond motifs is 1. The Morgan fingerprint density at radius 2 is 2.10 bits per heavy atom. The van der Waals surface area contributed by atoms with Crippen molar-refractivity contribution in [3.05, 3.63) is 18.3 Å². The highest BCUT2D eigenvalue weighted by Crippen LogP contribution is 2.20. The average molecular weight is 315 g/mol. The lowest BCUT2D eigenvalue weighted by Crippen LogP contribution is -2.22. The van der Waals surface area contributed by atoms with E-state index >= 15 is 0 Å². The molecule has 0 unspecified atom stereocenters. The van der Waals surface area contributed by atoms with Gasteiger partial charge < -0.3 is 5.73 Å². The van der Waals surface area contributed by atoms with E-state index in [0.29, 0.717) is 10.8 Å². The Hall–Kier alpha value is -1.65. The largest absolute Gasteiger partial charge is 0.369 e. The number of rotatable bonds is 5. The van der Waals surface area contributed by atoms with Gasteiger partial charge >= 0.3 is 0 Å². The third-order valence-electron chi connectivity index (χ3n) is 2.47. The minimum absolute atomic E-state index is 0.0471. The number of aromatic nitrogens is 3. The number of primary amides is 1. The monoisotopic (exact) mass is 315 g/mol. The number of sulfonamides is 1. The minimum Gasteiger partial charge on any atom is -0.369 e. The Morgan fingerprint density at radius 3 is 2.70 bits per heavy atom. The smallest absolute Gasteiger partial charge is 0.244 e. The summed E-state index contributed by atoms with van der Waals surface area (Å²) in [6, 6.07) is 3.01. The number of nitrogens with zero attached hydrogens (tertiary/aromatic N) is 4. The average Bonchev–Trinajstić information content (AvgIpc) is 2.78. The van der Waals surface area contributed by atoms with E-state index < -0.39 is 15.9 Å². The molecule has 0 spiro atoms. The predicted octanol–water partition coefficient (Wildman–Crippen LogP) is -0.443. The second kappa shape index (κ2) is 5.38. The number of hydrogen-bond donors (Lipinski definition) is 1. The molecule has 10 heteroatoms. The third kappa shape index (κ3) is 2.76. The highest BCUT2D eigenvalue weighted by atomic mass is 32.2. The first kappa shape index (κ1) is 14.8. The van der Waals surface area contributed by atoms with Gasteiger partial charge in [-0.25, -0.2) is 12.7 Å². The lowest BCUT2D eigenvalue weighted by molar-refractivity contribution is -0.115. The first-order valence-electron chi connectivity index (χ1n) is 5.51. The summed E-state index contributed by atoms with van der Waals surface area (Å²) in [7, 11) is -0.633. The molecule has 0 aliphatic heterocycles. The number of carbonyl (C=O) groups is 1. The molecule has 108 valence electrons. The van der Waals surface area contributed by atoms with E-state index in [1.54, 1.807) is 6.07 Å². The molecule has 0 atom stereocenters. The molecule has 0 aliphatic carbocycles. The summed E-state index contributed by atoms with van der Waals surface area (Å²) in [5.41, 5.74) is 5.57. The zero-order valence-corrected chi connectivity index (χ0v) is 12.5. The Bertz CT molecular complexity index is 753. The normalized spacial score (nSPS) is 12.2. The van der Waals surface area contributed by atoms with Crippen LogP contribution < -0.4 is 5.73 Å². The number of hydrogen-bond acceptors (Lipinski definition) is 6. The number of pyridine rings is 1. The highest BCUT2D eigenvalue weighted by molar-refractivity contribution is 7.99. The number of carbonyl (C=O) groups excluding carboxylic acids is 1. The molecule has 2 N–H and O–H groups in total. The van der Waals surface area contributed by atoms with Crippen LogP contribution in [-0.2, 0) is 14.8 Å². The van der Waals surface area contributed by atoms with Crippen LogP contribution in [0.1, 0.15) is 0 Å². The second-order valence-corrected chi connectivity index (χ2v) is 7.21. The Kier molecular flexibility index (Phi) is 3.97. The molecule has 2 rings (SSSR count). The molecule has 1 amide bonds. The molecule has 0 aromatic carbocycles. The zero-order valence-electron chi connectivity index (χ0n) is 10.8. The van der Waals surface area contributed by atoms with Gasteiger partial charge in [0.25, 0.3) is 0 Å². The van der Waals surface area contributed by atoms with Crippen molar-refractivity contribution in [1.82, 2.24) is 18.9 Å². The first-order chi connectivity index (χ1) is 9.32. The Morgan fingerprint density at radius 1 is 1.40 bits per heavy atom. The van der Waals surface area contributed by atoms with Crippen LogP contribution in [0.4, 0.5) is 0 Å². The maximum Gasteiger partial charge on any atom is 0.244 e. The first-order valence-corrected chi connectivity index (χ1v) is 7.93. The Labute approximate surface area is 120 Å². The molecule has 2 aromatic heterocycles. The molecule has 0 saturated heterocycles. The van der Waals surface area contributed by atoms with Gasteiger partial charge in [0.15, 0.2) is 10.8 Å². The highest BCUT2D eigenvalue weighted by Gasteiger charge is 2.19. The second-order valence-electron chi connectivity index (χ2n) is 4.12. The summed E-state index contributed by atoms with van der Waals surface area (Å²) in [6.07, 6.45) is 1.42. The summed E-state index contributed by atoms with van der Waals surface area (Å²) < 4.78 is 26.8. The summed E-state index contributed by atoms with van der Waals surface area (Å²) >= 11 is 1.10. The van der Waals surface area contributed by atoms with Crippen LogP contribution in [0.25, 0.3) is 5.65 Å². The van der Waals surface area contributed by atoms with Crippen molar-refractivity contribution in [2.24, 2.45) is 5.73 Å². The third-order valence-corrected chi connectivity index (χ3v) is 5.23. The van der Waals surface area contributed by atoms with Crippen LogP contribution in [0.15, 0.2) is 28.4 Å². The van der Waals surface area contributed by atoms with Gasteiger partial charge in [-0.2, -0.15) is 0 Å². The van der Waals surface area contributed by atoms with Gasteiger partial charge in [0, 0.05) is 20.3 Å². The molecule has 2 heterocycles. The van der Waals surface area contributed by atoms with E-state index in [1.165, 1.54) is 30.8 Å². The van der Waals surface area contributed by atoms with E-state index in [9.17, 15) is 13.2 Å². The van der Waals surface area contributed by atoms with E-state index in [4.69, 9.17) is 5.73 Å². The molecular formula is C10H13N5O3S2. The number of thioether (sulfide) groups is 1. The van der Waals surface area contributed by atoms with E-state index in [0.717, 1.165) is 16.1 Å². The van der Waals surface area contributed by atoms with Crippen LogP contribution >= 0.6 is 11.8 Å². The SMILES string of the molecule is CN(C)S(=O)(=O)c1ccc2nnc(SCC(N)=O)n2c1. The molecule has 0 saturated carbocycles. The standard InChI is InChI=1S/C10H13N5O3S2/c1-14(2)20(17,18)7-3-4-9-12-13-10(15(9)5-7)19-6-8(11)16/h3-5H,6H2,1-2H3,(H2,11,16). The van der Waals surface area contributed by atoms with Gasteiger partial charge in [-0.3, -0.25) is 9.20 Å². The van der Waals surface area contributed by atoms with Crippen LogP contribution in [-0.4, -0.2) is 53.1 Å². The molecule has 0 fully saturated rings. The van der Waals surface area contributed by atoms with Crippen molar-refractivity contribution in [1.29, 1.82) is 0 Å². The molecule has 0 radical (unpaired) electrons. The fraction of sp³-hybridized carbons (Fsp3) is 0.300. The van der Waals surface area contributed by atoms with Gasteiger partial charge in [-0.05, 0) is 12.1 Å². The van der Waals surface area contributed by atoms with Crippen molar-refractivity contribution < 1.29 is 13.2 Å². The van der Waals surface area contributed by atoms with Gasteiger partial charge in [-0.1, -0.05) is 11.8 Å². The molecule has 20 heavy (non-hydrogen) atoms. The number of amides is 1. The lowest BCUT2D eigenvalue weighted by atomic mass is 10.5. The maximum atomic E-state index is 12.1. The molecule has 8 nitrogen and oxygen atoms in total. The zero-order chi connectivity index (χ0) is 14.9. The van der Waals surface area contributed by atoms with Crippen molar-refractivity contribution in [3.63, 3.8) is 0 Å². The molecule has 0 aliphatic rings. The lowest BCUT2D eigenvalue weighted by Gasteiger charge is -2.11. The van der Waals surface area contributed by atoms with E-state index in [-0.39, 0.29) is 10.6 Å². The predicted molar refractivity (Wildman–Crippen MR) is 73.8 cm³/mol. The van der Waals surface area contributed by atoms with Crippen LogP contribution in [0.5, 0.6) is 0 Å². The number of nitrogens with two attached hydrogens (primary N) is 1.